The summed E-state index contributed by atoms with van der Waals surface area (Å²) in [5.74, 6) is 0.459. The highest BCUT2D eigenvalue weighted by Crippen LogP contribution is 2.30. The molecule has 5 N–H and O–H groups in total. The number of hydrogen-bond acceptors (Lipinski definition) is 8. The number of nitrogens with two attached hydrogens (primary N) is 1. The number of benzene rings is 2. The molecule has 39 heavy (non-hydrogen) atoms. The van der Waals surface area contributed by atoms with Crippen molar-refractivity contribution in [1.82, 2.24) is 15.0 Å². The molecule has 1 aliphatic rings. The molecule has 0 amide bonds. The van der Waals surface area contributed by atoms with Crippen molar-refractivity contribution in [3.8, 4) is 11.3 Å². The first-order valence-electron chi connectivity index (χ1n) is 12.7. The molecular weight excluding hydrogens is 517 g/mol. The van der Waals surface area contributed by atoms with Gasteiger partial charge in [0.2, 0.25) is 0 Å². The van der Waals surface area contributed by atoms with Crippen LogP contribution in [0.1, 0.15) is 31.2 Å². The summed E-state index contributed by atoms with van der Waals surface area (Å²) in [5.41, 5.74) is 8.20. The Bertz CT molecular complexity index is 1570. The molecule has 0 unspecified atom stereocenters. The zero-order valence-corrected chi connectivity index (χ0v) is 22.2. The highest BCUT2D eigenvalue weighted by molar-refractivity contribution is 7.92. The normalized spacial score (nSPS) is 17.4. The standard InChI is InChI=1S/C28H30FN7O2S/c1-18-5-2-3-7-26(18)39(37,38)36-24-13-12-21(15-23(24)29)35-28-22(6-4-14-31-28)25-16-27(33-17-32-25)34-20-10-8-19(30)9-11-20/h2-7,12-17,19-20,36H,8-11,30H2,1H3,(H,31,35)(H,32,33,34). The third-order valence-electron chi connectivity index (χ3n) is 6.73. The number of aryl methyl sites for hydroxylation is 1. The summed E-state index contributed by atoms with van der Waals surface area (Å²) in [7, 11) is -3.95. The van der Waals surface area contributed by atoms with Gasteiger partial charge >= 0.3 is 0 Å². The SMILES string of the molecule is Cc1ccccc1S(=O)(=O)Nc1ccc(Nc2ncccc2-c2cc(NC3CCC(N)CC3)ncn2)cc1F. The Hall–Kier alpha value is -4.09. The molecule has 1 saturated carbocycles. The lowest BCUT2D eigenvalue weighted by Gasteiger charge is -2.27. The van der Waals surface area contributed by atoms with Gasteiger partial charge in [0.25, 0.3) is 10.0 Å². The molecule has 5 rings (SSSR count). The average molecular weight is 548 g/mol. The van der Waals surface area contributed by atoms with Crippen LogP contribution in [0.15, 0.2) is 78.1 Å². The first kappa shape index (κ1) is 26.5. The predicted octanol–water partition coefficient (Wildman–Crippen LogP) is 5.21. The Labute approximate surface area is 227 Å². The van der Waals surface area contributed by atoms with Crippen molar-refractivity contribution in [2.24, 2.45) is 5.73 Å². The molecule has 0 radical (unpaired) electrons. The molecule has 0 atom stereocenters. The van der Waals surface area contributed by atoms with Crippen molar-refractivity contribution in [1.29, 1.82) is 0 Å². The van der Waals surface area contributed by atoms with E-state index >= 15 is 0 Å². The Balaban J connectivity index is 1.33. The number of anilines is 4. The van der Waals surface area contributed by atoms with E-state index in [-0.39, 0.29) is 16.6 Å². The third-order valence-corrected chi connectivity index (χ3v) is 8.26. The fourth-order valence-electron chi connectivity index (χ4n) is 4.64. The van der Waals surface area contributed by atoms with Gasteiger partial charge in [0.15, 0.2) is 0 Å². The minimum absolute atomic E-state index is 0.0931. The Kier molecular flexibility index (Phi) is 7.71. The number of halogens is 1. The molecule has 0 spiro atoms. The van der Waals surface area contributed by atoms with E-state index in [1.54, 1.807) is 43.5 Å². The van der Waals surface area contributed by atoms with Crippen LogP contribution >= 0.6 is 0 Å². The number of rotatable bonds is 8. The average Bonchev–Trinajstić information content (AvgIpc) is 2.92. The van der Waals surface area contributed by atoms with Gasteiger partial charge in [-0.25, -0.2) is 27.8 Å². The largest absolute Gasteiger partial charge is 0.367 e. The maximum absolute atomic E-state index is 15.0. The van der Waals surface area contributed by atoms with E-state index in [0.717, 1.165) is 25.7 Å². The molecule has 11 heteroatoms. The number of sulfonamides is 1. The van der Waals surface area contributed by atoms with Gasteiger partial charge in [-0.1, -0.05) is 18.2 Å². The van der Waals surface area contributed by atoms with Crippen molar-refractivity contribution in [3.05, 3.63) is 84.6 Å². The molecular formula is C28H30FN7O2S. The number of nitrogens with zero attached hydrogens (tertiary/aromatic N) is 3. The highest BCUT2D eigenvalue weighted by Gasteiger charge is 2.20. The first-order valence-corrected chi connectivity index (χ1v) is 14.2. The quantitative estimate of drug-likeness (QED) is 0.236. The Morgan fingerprint density at radius 2 is 1.74 bits per heavy atom. The minimum atomic E-state index is -3.95. The van der Waals surface area contributed by atoms with Crippen LogP contribution in [-0.2, 0) is 10.0 Å². The number of nitrogens with one attached hydrogen (secondary N) is 3. The summed E-state index contributed by atoms with van der Waals surface area (Å²) in [6, 6.07) is 16.8. The van der Waals surface area contributed by atoms with Crippen LogP contribution in [0.3, 0.4) is 0 Å². The lowest BCUT2D eigenvalue weighted by Crippen LogP contribution is -2.33. The lowest BCUT2D eigenvalue weighted by atomic mass is 9.92. The Morgan fingerprint density at radius 3 is 2.51 bits per heavy atom. The van der Waals surface area contributed by atoms with Crippen molar-refractivity contribution >= 4 is 33.0 Å². The van der Waals surface area contributed by atoms with Crippen LogP contribution in [0, 0.1) is 12.7 Å². The van der Waals surface area contributed by atoms with Crippen molar-refractivity contribution < 1.29 is 12.8 Å². The summed E-state index contributed by atoms with van der Waals surface area (Å²) in [4.78, 5) is 13.3. The van der Waals surface area contributed by atoms with Gasteiger partial charge in [0.1, 0.15) is 23.8 Å². The number of pyridine rings is 1. The lowest BCUT2D eigenvalue weighted by molar-refractivity contribution is 0.410. The molecule has 2 aromatic heterocycles. The molecule has 4 aromatic rings. The smallest absolute Gasteiger partial charge is 0.262 e. The maximum Gasteiger partial charge on any atom is 0.262 e. The molecule has 1 fully saturated rings. The molecule has 202 valence electrons. The summed E-state index contributed by atoms with van der Waals surface area (Å²) in [6.45, 7) is 1.69. The molecule has 1 aliphatic carbocycles. The predicted molar refractivity (Wildman–Crippen MR) is 151 cm³/mol. The van der Waals surface area contributed by atoms with Gasteiger partial charge in [0, 0.05) is 35.6 Å². The van der Waals surface area contributed by atoms with Crippen molar-refractivity contribution in [2.75, 3.05) is 15.4 Å². The molecule has 0 saturated heterocycles. The molecule has 9 nitrogen and oxygen atoms in total. The van der Waals surface area contributed by atoms with Gasteiger partial charge in [-0.2, -0.15) is 0 Å². The third kappa shape index (κ3) is 6.32. The zero-order valence-electron chi connectivity index (χ0n) is 21.4. The van der Waals surface area contributed by atoms with E-state index in [1.165, 1.54) is 24.5 Å². The summed E-state index contributed by atoms with van der Waals surface area (Å²) in [5, 5.41) is 6.60. The van der Waals surface area contributed by atoms with Crippen LogP contribution in [0.25, 0.3) is 11.3 Å². The summed E-state index contributed by atoms with van der Waals surface area (Å²) in [6.07, 6.45) is 7.06. The fourth-order valence-corrected chi connectivity index (χ4v) is 5.95. The first-order chi connectivity index (χ1) is 18.8. The molecule has 0 aliphatic heterocycles. The van der Waals surface area contributed by atoms with Gasteiger partial charge in [-0.05, 0) is 74.6 Å². The van der Waals surface area contributed by atoms with Crippen LogP contribution in [0.4, 0.5) is 27.4 Å². The maximum atomic E-state index is 15.0. The Morgan fingerprint density at radius 1 is 0.949 bits per heavy atom. The van der Waals surface area contributed by atoms with Gasteiger partial charge in [-0.15, -0.1) is 0 Å². The van der Waals surface area contributed by atoms with Crippen molar-refractivity contribution in [3.63, 3.8) is 0 Å². The topological polar surface area (TPSA) is 135 Å². The van der Waals surface area contributed by atoms with Crippen LogP contribution in [-0.4, -0.2) is 35.5 Å². The van der Waals surface area contributed by atoms with Crippen LogP contribution in [0.2, 0.25) is 0 Å². The van der Waals surface area contributed by atoms with E-state index in [4.69, 9.17) is 5.73 Å². The minimum Gasteiger partial charge on any atom is -0.367 e. The van der Waals surface area contributed by atoms with E-state index < -0.39 is 15.8 Å². The van der Waals surface area contributed by atoms with Gasteiger partial charge in [0.05, 0.1) is 16.3 Å². The second-order valence-electron chi connectivity index (χ2n) is 9.63. The second-order valence-corrected chi connectivity index (χ2v) is 11.3. The van der Waals surface area contributed by atoms with Gasteiger partial charge < -0.3 is 16.4 Å². The second kappa shape index (κ2) is 11.3. The van der Waals surface area contributed by atoms with E-state index in [2.05, 4.69) is 30.3 Å². The molecule has 0 bridgehead atoms. The molecule has 2 aromatic carbocycles. The fraction of sp³-hybridized carbons (Fsp3) is 0.250. The van der Waals surface area contributed by atoms with E-state index in [9.17, 15) is 12.8 Å². The monoisotopic (exact) mass is 547 g/mol. The summed E-state index contributed by atoms with van der Waals surface area (Å²) < 4.78 is 42.9. The van der Waals surface area contributed by atoms with Crippen LogP contribution in [0.5, 0.6) is 0 Å². The van der Waals surface area contributed by atoms with Crippen LogP contribution < -0.4 is 21.1 Å². The number of aromatic nitrogens is 3. The van der Waals surface area contributed by atoms with E-state index in [0.29, 0.717) is 40.2 Å². The van der Waals surface area contributed by atoms with E-state index in [1.807, 2.05) is 12.1 Å². The van der Waals surface area contributed by atoms with Crippen molar-refractivity contribution in [2.45, 2.75) is 49.6 Å². The van der Waals surface area contributed by atoms with Gasteiger partial charge in [-0.3, -0.25) is 4.72 Å². The zero-order chi connectivity index (χ0) is 27.4. The molecule has 2 heterocycles. The highest BCUT2D eigenvalue weighted by atomic mass is 32.2. The summed E-state index contributed by atoms with van der Waals surface area (Å²) >= 11 is 0. The number of hydrogen-bond donors (Lipinski definition) is 4.